The Balaban J connectivity index is 4.37. The number of hydrogen-bond acceptors (Lipinski definition) is 6. The van der Waals surface area contributed by atoms with Crippen LogP contribution in [0.4, 0.5) is 0 Å². The van der Waals surface area contributed by atoms with Crippen LogP contribution in [0.3, 0.4) is 0 Å². The number of rotatable bonds is 38. The topological polar surface area (TPSA) is 78.9 Å². The lowest BCUT2D eigenvalue weighted by molar-refractivity contribution is -0.167. The Bertz CT molecular complexity index is 794. The van der Waals surface area contributed by atoms with Crippen LogP contribution in [0.1, 0.15) is 234 Å². The molecule has 0 radical (unpaired) electrons. The molecular formula is C45H86O6. The molecule has 0 aromatic heterocycles. The lowest BCUT2D eigenvalue weighted by Gasteiger charge is -2.18. The Hall–Kier alpha value is -1.59. The van der Waals surface area contributed by atoms with Gasteiger partial charge in [0.15, 0.2) is 6.10 Å². The highest BCUT2D eigenvalue weighted by Crippen LogP contribution is 2.17. The molecule has 0 aromatic rings. The number of carbonyl (C=O) groups excluding carboxylic acids is 3. The maximum atomic E-state index is 12.7. The van der Waals surface area contributed by atoms with Gasteiger partial charge in [0.1, 0.15) is 13.2 Å². The second kappa shape index (κ2) is 36.8. The average molecular weight is 723 g/mol. The third kappa shape index (κ3) is 38.0. The van der Waals surface area contributed by atoms with E-state index in [4.69, 9.17) is 14.2 Å². The van der Waals surface area contributed by atoms with Crippen LogP contribution in [-0.2, 0) is 28.6 Å². The second-order valence-corrected chi connectivity index (χ2v) is 16.5. The van der Waals surface area contributed by atoms with E-state index in [1.807, 2.05) is 0 Å². The van der Waals surface area contributed by atoms with Crippen LogP contribution in [-0.4, -0.2) is 37.2 Å². The van der Waals surface area contributed by atoms with Crippen LogP contribution >= 0.6 is 0 Å². The average Bonchev–Trinajstić information content (AvgIpc) is 3.09. The molecule has 0 N–H and O–H groups in total. The summed E-state index contributed by atoms with van der Waals surface area (Å²) in [6.07, 6.45) is 32.4. The summed E-state index contributed by atoms with van der Waals surface area (Å²) in [5.41, 5.74) is 0. The van der Waals surface area contributed by atoms with Gasteiger partial charge in [0.05, 0.1) is 0 Å². The first-order valence-corrected chi connectivity index (χ1v) is 22.1. The highest BCUT2D eigenvalue weighted by Gasteiger charge is 2.19. The lowest BCUT2D eigenvalue weighted by Crippen LogP contribution is -2.30. The molecule has 302 valence electrons. The molecule has 0 bridgehead atoms. The second-order valence-electron chi connectivity index (χ2n) is 16.5. The number of esters is 3. The highest BCUT2D eigenvalue weighted by atomic mass is 16.6. The Morgan fingerprint density at radius 1 is 0.392 bits per heavy atom. The van der Waals surface area contributed by atoms with Crippen molar-refractivity contribution in [1.82, 2.24) is 0 Å². The number of carbonyl (C=O) groups is 3. The molecule has 0 fully saturated rings. The van der Waals surface area contributed by atoms with Crippen LogP contribution < -0.4 is 0 Å². The van der Waals surface area contributed by atoms with Crippen molar-refractivity contribution in [1.29, 1.82) is 0 Å². The molecule has 6 nitrogen and oxygen atoms in total. The van der Waals surface area contributed by atoms with E-state index in [0.717, 1.165) is 75.5 Å². The molecule has 0 rings (SSSR count). The van der Waals surface area contributed by atoms with Crippen molar-refractivity contribution in [2.45, 2.75) is 240 Å². The van der Waals surface area contributed by atoms with Crippen molar-refractivity contribution in [2.75, 3.05) is 13.2 Å². The van der Waals surface area contributed by atoms with Crippen molar-refractivity contribution in [3.63, 3.8) is 0 Å². The van der Waals surface area contributed by atoms with E-state index in [1.165, 1.54) is 116 Å². The van der Waals surface area contributed by atoms with Crippen LogP contribution in [0.25, 0.3) is 0 Å². The first-order chi connectivity index (χ1) is 24.6. The SMILES string of the molecule is CCC(C)CCCCCCCCC(=O)OC[C@@H](COC(=O)CCCCCCCCCCC(C)C)OC(=O)CCCCCCCCCCCC(C)C. The maximum Gasteiger partial charge on any atom is 0.306 e. The molecule has 1 unspecified atom stereocenters. The van der Waals surface area contributed by atoms with E-state index in [0.29, 0.717) is 19.3 Å². The van der Waals surface area contributed by atoms with Gasteiger partial charge in [-0.05, 0) is 37.0 Å². The van der Waals surface area contributed by atoms with E-state index in [9.17, 15) is 14.4 Å². The van der Waals surface area contributed by atoms with E-state index in [1.54, 1.807) is 0 Å². The summed E-state index contributed by atoms with van der Waals surface area (Å²) in [5, 5.41) is 0. The fourth-order valence-electron chi connectivity index (χ4n) is 6.49. The van der Waals surface area contributed by atoms with Crippen molar-refractivity contribution in [3.8, 4) is 0 Å². The maximum absolute atomic E-state index is 12.7. The summed E-state index contributed by atoms with van der Waals surface area (Å²) in [7, 11) is 0. The molecule has 0 aliphatic heterocycles. The number of unbranched alkanes of at least 4 members (excludes halogenated alkanes) is 20. The molecule has 0 aliphatic carbocycles. The van der Waals surface area contributed by atoms with Gasteiger partial charge in [-0.15, -0.1) is 0 Å². The Morgan fingerprint density at radius 2 is 0.686 bits per heavy atom. The van der Waals surface area contributed by atoms with Gasteiger partial charge < -0.3 is 14.2 Å². The number of hydrogen-bond donors (Lipinski definition) is 0. The van der Waals surface area contributed by atoms with Gasteiger partial charge in [-0.25, -0.2) is 0 Å². The van der Waals surface area contributed by atoms with Gasteiger partial charge in [0.25, 0.3) is 0 Å². The summed E-state index contributed by atoms with van der Waals surface area (Å²) in [6.45, 7) is 13.6. The van der Waals surface area contributed by atoms with Crippen LogP contribution in [0.15, 0.2) is 0 Å². The molecule has 0 amide bonds. The van der Waals surface area contributed by atoms with Crippen LogP contribution in [0.5, 0.6) is 0 Å². The van der Waals surface area contributed by atoms with E-state index >= 15 is 0 Å². The van der Waals surface area contributed by atoms with Gasteiger partial charge in [-0.3, -0.25) is 14.4 Å². The van der Waals surface area contributed by atoms with Crippen molar-refractivity contribution in [2.24, 2.45) is 17.8 Å². The standard InChI is InChI=1S/C45H86O6/c1-7-41(6)33-27-21-17-18-23-29-35-44(47)50-38-42(37-49-43(46)34-28-22-15-12-11-14-20-26-32-40(4)5)51-45(48)36-30-24-16-10-8-9-13-19-25-31-39(2)3/h39-42H,7-38H2,1-6H3/t41?,42-/m1/s1. The van der Waals surface area contributed by atoms with E-state index < -0.39 is 6.10 Å². The zero-order valence-corrected chi connectivity index (χ0v) is 34.9. The predicted molar refractivity (Wildman–Crippen MR) is 215 cm³/mol. The quantitative estimate of drug-likeness (QED) is 0.0359. The molecule has 51 heavy (non-hydrogen) atoms. The minimum atomic E-state index is -0.762. The Kier molecular flexibility index (Phi) is 35.6. The molecule has 6 heteroatoms. The smallest absolute Gasteiger partial charge is 0.306 e. The Morgan fingerprint density at radius 3 is 1.02 bits per heavy atom. The third-order valence-corrected chi connectivity index (χ3v) is 10.3. The summed E-state index contributed by atoms with van der Waals surface area (Å²) in [5.74, 6) is 1.55. The first-order valence-electron chi connectivity index (χ1n) is 22.1. The Labute approximate surface area is 317 Å². The fraction of sp³-hybridized carbons (Fsp3) is 0.933. The molecule has 0 saturated carbocycles. The summed E-state index contributed by atoms with van der Waals surface area (Å²) in [4.78, 5) is 37.6. The zero-order valence-electron chi connectivity index (χ0n) is 34.9. The highest BCUT2D eigenvalue weighted by molar-refractivity contribution is 5.71. The van der Waals surface area contributed by atoms with E-state index in [2.05, 4.69) is 41.5 Å². The predicted octanol–water partition coefficient (Wildman–Crippen LogP) is 13.7. The molecule has 0 aliphatic rings. The molecule has 0 spiro atoms. The zero-order chi connectivity index (χ0) is 37.8. The lowest BCUT2D eigenvalue weighted by atomic mass is 10.00. The number of ether oxygens (including phenoxy) is 3. The van der Waals surface area contributed by atoms with Crippen LogP contribution in [0, 0.1) is 17.8 Å². The molecule has 2 atom stereocenters. The molecular weight excluding hydrogens is 636 g/mol. The van der Waals surface area contributed by atoms with Gasteiger partial charge in [0.2, 0.25) is 0 Å². The van der Waals surface area contributed by atoms with Crippen molar-refractivity contribution >= 4 is 17.9 Å². The van der Waals surface area contributed by atoms with Gasteiger partial charge in [0, 0.05) is 19.3 Å². The minimum absolute atomic E-state index is 0.0674. The summed E-state index contributed by atoms with van der Waals surface area (Å²) < 4.78 is 16.7. The molecule has 0 aromatic carbocycles. The fourth-order valence-corrected chi connectivity index (χ4v) is 6.49. The van der Waals surface area contributed by atoms with Crippen LogP contribution in [0.2, 0.25) is 0 Å². The van der Waals surface area contributed by atoms with E-state index in [-0.39, 0.29) is 31.1 Å². The largest absolute Gasteiger partial charge is 0.462 e. The van der Waals surface area contributed by atoms with Gasteiger partial charge in [-0.2, -0.15) is 0 Å². The van der Waals surface area contributed by atoms with Gasteiger partial charge in [-0.1, -0.05) is 196 Å². The van der Waals surface area contributed by atoms with Gasteiger partial charge >= 0.3 is 17.9 Å². The molecule has 0 saturated heterocycles. The van der Waals surface area contributed by atoms with Crippen molar-refractivity contribution in [3.05, 3.63) is 0 Å². The molecule has 0 heterocycles. The normalized spacial score (nSPS) is 12.7. The minimum Gasteiger partial charge on any atom is -0.462 e. The summed E-state index contributed by atoms with van der Waals surface area (Å²) in [6, 6.07) is 0. The third-order valence-electron chi connectivity index (χ3n) is 10.3. The summed E-state index contributed by atoms with van der Waals surface area (Å²) >= 11 is 0. The monoisotopic (exact) mass is 723 g/mol. The first kappa shape index (κ1) is 49.4. The van der Waals surface area contributed by atoms with Crippen molar-refractivity contribution < 1.29 is 28.6 Å².